The second kappa shape index (κ2) is 5.67. The third-order valence-corrected chi connectivity index (χ3v) is 4.26. The molecule has 100 valence electrons. The van der Waals surface area contributed by atoms with E-state index >= 15 is 0 Å². The van der Waals surface area contributed by atoms with Crippen LogP contribution in [-0.2, 0) is 16.1 Å². The number of nitrogen functional groups attached to an aromatic ring is 1. The third kappa shape index (κ3) is 3.00. The summed E-state index contributed by atoms with van der Waals surface area (Å²) in [5.74, 6) is 0.290. The van der Waals surface area contributed by atoms with Gasteiger partial charge in [0.25, 0.3) is 0 Å². The minimum Gasteiger partial charge on any atom is -0.469 e. The number of ether oxygens (including phenoxy) is 1. The van der Waals surface area contributed by atoms with E-state index in [0.717, 1.165) is 26.1 Å². The van der Waals surface area contributed by atoms with E-state index in [1.807, 2.05) is 6.20 Å². The average molecular weight is 269 g/mol. The van der Waals surface area contributed by atoms with Gasteiger partial charge in [0.15, 0.2) is 5.13 Å². The number of carbonyl (C=O) groups is 1. The van der Waals surface area contributed by atoms with Crippen LogP contribution in [0.4, 0.5) is 5.13 Å². The van der Waals surface area contributed by atoms with Gasteiger partial charge in [-0.15, -0.1) is 11.3 Å². The van der Waals surface area contributed by atoms with E-state index < -0.39 is 0 Å². The summed E-state index contributed by atoms with van der Waals surface area (Å²) in [4.78, 5) is 19.2. The van der Waals surface area contributed by atoms with Crippen LogP contribution in [-0.4, -0.2) is 36.1 Å². The molecule has 0 saturated carbocycles. The van der Waals surface area contributed by atoms with Gasteiger partial charge in [0, 0.05) is 24.2 Å². The first kappa shape index (κ1) is 13.3. The summed E-state index contributed by atoms with van der Waals surface area (Å²) >= 11 is 1.53. The normalized spacial score (nSPS) is 25.0. The van der Waals surface area contributed by atoms with Crippen LogP contribution in [0.3, 0.4) is 0 Å². The van der Waals surface area contributed by atoms with Crippen LogP contribution < -0.4 is 5.73 Å². The Balaban J connectivity index is 1.90. The SMILES string of the molecule is COC(=O)C1CCN(Cc2cnc(N)s2)CC1C. The van der Waals surface area contributed by atoms with Gasteiger partial charge in [0.2, 0.25) is 0 Å². The summed E-state index contributed by atoms with van der Waals surface area (Å²) in [6.07, 6.45) is 2.69. The molecule has 18 heavy (non-hydrogen) atoms. The lowest BCUT2D eigenvalue weighted by atomic mass is 9.87. The van der Waals surface area contributed by atoms with Crippen molar-refractivity contribution in [1.82, 2.24) is 9.88 Å². The molecule has 5 nitrogen and oxygen atoms in total. The van der Waals surface area contributed by atoms with Crippen molar-refractivity contribution in [3.05, 3.63) is 11.1 Å². The van der Waals surface area contributed by atoms with Crippen molar-refractivity contribution >= 4 is 22.4 Å². The van der Waals surface area contributed by atoms with E-state index in [-0.39, 0.29) is 11.9 Å². The number of carbonyl (C=O) groups excluding carboxylic acids is 1. The molecule has 2 rings (SSSR count). The Bertz CT molecular complexity index is 421. The standard InChI is InChI=1S/C12H19N3O2S/c1-8-6-15(4-3-10(8)11(16)17-2)7-9-5-14-12(13)18-9/h5,8,10H,3-4,6-7H2,1-2H3,(H2,13,14). The van der Waals surface area contributed by atoms with Crippen LogP contribution in [0.25, 0.3) is 0 Å². The van der Waals surface area contributed by atoms with Gasteiger partial charge >= 0.3 is 5.97 Å². The molecule has 1 aliphatic rings. The number of nitrogens with two attached hydrogens (primary N) is 1. The zero-order valence-corrected chi connectivity index (χ0v) is 11.6. The van der Waals surface area contributed by atoms with E-state index in [2.05, 4.69) is 16.8 Å². The molecule has 1 aliphatic heterocycles. The molecular formula is C12H19N3O2S. The van der Waals surface area contributed by atoms with Crippen LogP contribution in [0.15, 0.2) is 6.20 Å². The highest BCUT2D eigenvalue weighted by Crippen LogP contribution is 2.26. The number of esters is 1. The Morgan fingerprint density at radius 3 is 3.06 bits per heavy atom. The van der Waals surface area contributed by atoms with Crippen molar-refractivity contribution in [2.75, 3.05) is 25.9 Å². The molecule has 1 aromatic rings. The molecule has 0 bridgehead atoms. The number of hydrogen-bond acceptors (Lipinski definition) is 6. The summed E-state index contributed by atoms with van der Waals surface area (Å²) in [6, 6.07) is 0. The second-order valence-electron chi connectivity index (χ2n) is 4.80. The second-order valence-corrected chi connectivity index (χ2v) is 5.94. The molecule has 1 saturated heterocycles. The average Bonchev–Trinajstić information content (AvgIpc) is 2.74. The fourth-order valence-corrected chi connectivity index (χ4v) is 3.22. The van der Waals surface area contributed by atoms with E-state index in [4.69, 9.17) is 10.5 Å². The van der Waals surface area contributed by atoms with Gasteiger partial charge in [-0.05, 0) is 18.9 Å². The highest BCUT2D eigenvalue weighted by atomic mass is 32.1. The number of likely N-dealkylation sites (tertiary alicyclic amines) is 1. The van der Waals surface area contributed by atoms with Gasteiger partial charge < -0.3 is 10.5 Å². The Kier molecular flexibility index (Phi) is 4.19. The van der Waals surface area contributed by atoms with Gasteiger partial charge in [0.05, 0.1) is 13.0 Å². The molecule has 0 amide bonds. The van der Waals surface area contributed by atoms with Crippen LogP contribution in [0.5, 0.6) is 0 Å². The zero-order valence-electron chi connectivity index (χ0n) is 10.8. The van der Waals surface area contributed by atoms with Gasteiger partial charge in [-0.3, -0.25) is 9.69 Å². The summed E-state index contributed by atoms with van der Waals surface area (Å²) < 4.78 is 4.84. The number of methoxy groups -OCH3 is 1. The number of piperidine rings is 1. The molecule has 2 N–H and O–H groups in total. The van der Waals surface area contributed by atoms with Crippen molar-refractivity contribution in [3.8, 4) is 0 Å². The maximum absolute atomic E-state index is 11.6. The van der Waals surface area contributed by atoms with Gasteiger partial charge in [-0.2, -0.15) is 0 Å². The van der Waals surface area contributed by atoms with E-state index in [0.29, 0.717) is 11.0 Å². The Hall–Kier alpha value is -1.14. The number of anilines is 1. The quantitative estimate of drug-likeness (QED) is 0.839. The molecular weight excluding hydrogens is 250 g/mol. The molecule has 2 heterocycles. The first-order valence-electron chi connectivity index (χ1n) is 6.10. The number of nitrogens with zero attached hydrogens (tertiary/aromatic N) is 2. The van der Waals surface area contributed by atoms with Gasteiger partial charge in [-0.25, -0.2) is 4.98 Å². The summed E-state index contributed by atoms with van der Waals surface area (Å²) in [5.41, 5.74) is 5.62. The first-order chi connectivity index (χ1) is 8.60. The Labute approximate surface area is 111 Å². The third-order valence-electron chi connectivity index (χ3n) is 3.44. The predicted octanol–water partition coefficient (Wildman–Crippen LogP) is 1.36. The molecule has 6 heteroatoms. The van der Waals surface area contributed by atoms with Crippen molar-refractivity contribution in [1.29, 1.82) is 0 Å². The predicted molar refractivity (Wildman–Crippen MR) is 71.1 cm³/mol. The van der Waals surface area contributed by atoms with Crippen molar-refractivity contribution in [2.45, 2.75) is 19.9 Å². The monoisotopic (exact) mass is 269 g/mol. The van der Waals surface area contributed by atoms with Crippen LogP contribution >= 0.6 is 11.3 Å². The lowest BCUT2D eigenvalue weighted by Gasteiger charge is -2.35. The Morgan fingerprint density at radius 1 is 1.72 bits per heavy atom. The van der Waals surface area contributed by atoms with Crippen LogP contribution in [0.2, 0.25) is 0 Å². The lowest BCUT2D eigenvalue weighted by Crippen LogP contribution is -2.41. The molecule has 0 radical (unpaired) electrons. The largest absolute Gasteiger partial charge is 0.469 e. The summed E-state index contributed by atoms with van der Waals surface area (Å²) in [5, 5.41) is 0.613. The number of thiazole rings is 1. The topological polar surface area (TPSA) is 68.5 Å². The number of aromatic nitrogens is 1. The first-order valence-corrected chi connectivity index (χ1v) is 6.92. The van der Waals surface area contributed by atoms with Crippen molar-refractivity contribution in [3.63, 3.8) is 0 Å². The lowest BCUT2D eigenvalue weighted by molar-refractivity contribution is -0.149. The highest BCUT2D eigenvalue weighted by Gasteiger charge is 2.31. The van der Waals surface area contributed by atoms with Gasteiger partial charge in [0.1, 0.15) is 0 Å². The Morgan fingerprint density at radius 2 is 2.50 bits per heavy atom. The van der Waals surface area contributed by atoms with Crippen molar-refractivity contribution in [2.24, 2.45) is 11.8 Å². The maximum atomic E-state index is 11.6. The van der Waals surface area contributed by atoms with E-state index in [1.165, 1.54) is 23.3 Å². The number of rotatable bonds is 3. The van der Waals surface area contributed by atoms with Crippen LogP contribution in [0, 0.1) is 11.8 Å². The molecule has 0 aliphatic carbocycles. The zero-order chi connectivity index (χ0) is 13.1. The van der Waals surface area contributed by atoms with Gasteiger partial charge in [-0.1, -0.05) is 6.92 Å². The number of hydrogen-bond donors (Lipinski definition) is 1. The van der Waals surface area contributed by atoms with E-state index in [1.54, 1.807) is 0 Å². The van der Waals surface area contributed by atoms with Crippen molar-refractivity contribution < 1.29 is 9.53 Å². The fourth-order valence-electron chi connectivity index (χ4n) is 2.49. The summed E-state index contributed by atoms with van der Waals surface area (Å²) in [7, 11) is 1.46. The molecule has 0 aromatic carbocycles. The minimum atomic E-state index is -0.0795. The molecule has 1 aromatic heterocycles. The molecule has 2 unspecified atom stereocenters. The summed E-state index contributed by atoms with van der Waals surface area (Å²) in [6.45, 7) is 4.81. The van der Waals surface area contributed by atoms with E-state index in [9.17, 15) is 4.79 Å². The maximum Gasteiger partial charge on any atom is 0.309 e. The van der Waals surface area contributed by atoms with Crippen LogP contribution in [0.1, 0.15) is 18.2 Å². The molecule has 1 fully saturated rings. The highest BCUT2D eigenvalue weighted by molar-refractivity contribution is 7.15. The molecule has 0 spiro atoms. The minimum absolute atomic E-state index is 0.0396. The smallest absolute Gasteiger partial charge is 0.309 e. The fraction of sp³-hybridized carbons (Fsp3) is 0.667. The molecule has 2 atom stereocenters.